The van der Waals surface area contributed by atoms with Gasteiger partial charge < -0.3 is 9.29 Å². The summed E-state index contributed by atoms with van der Waals surface area (Å²) in [5.74, 6) is 0. The van der Waals surface area contributed by atoms with Gasteiger partial charge in [0.2, 0.25) is 0 Å². The highest BCUT2D eigenvalue weighted by Gasteiger charge is 2.23. The van der Waals surface area contributed by atoms with Crippen molar-refractivity contribution in [2.75, 3.05) is 13.1 Å². The molecule has 0 radical (unpaired) electrons. The van der Waals surface area contributed by atoms with E-state index in [-0.39, 0.29) is 0 Å². The van der Waals surface area contributed by atoms with Crippen LogP contribution >= 0.6 is 0 Å². The Labute approximate surface area is 156 Å². The molecule has 0 bridgehead atoms. The highest BCUT2D eigenvalue weighted by atomic mass is 32.2. The minimum Gasteiger partial charge on any atom is -0.771 e. The largest absolute Gasteiger partial charge is 0.771 e. The lowest BCUT2D eigenvalue weighted by atomic mass is 10.1. The lowest BCUT2D eigenvalue weighted by Crippen LogP contribution is -2.37. The zero-order valence-electron chi connectivity index (χ0n) is 15.4. The lowest BCUT2D eigenvalue weighted by molar-refractivity contribution is 0.0544. The van der Waals surface area contributed by atoms with Gasteiger partial charge in [-0.3, -0.25) is 13.7 Å². The Morgan fingerprint density at radius 1 is 1.27 bits per heavy atom. The van der Waals surface area contributed by atoms with Crippen LogP contribution in [0.25, 0.3) is 10.9 Å². The Hall–Kier alpha value is -1.70. The summed E-state index contributed by atoms with van der Waals surface area (Å²) in [6.45, 7) is 7.15. The summed E-state index contributed by atoms with van der Waals surface area (Å²) in [7, 11) is 0. The number of likely N-dealkylation sites (tertiary alicyclic amines) is 1. The second-order valence-electron chi connectivity index (χ2n) is 7.72. The smallest absolute Gasteiger partial charge is 0.418 e. The van der Waals surface area contributed by atoms with Crippen LogP contribution in [0, 0.1) is 0 Å². The highest BCUT2D eigenvalue weighted by Crippen LogP contribution is 2.23. The van der Waals surface area contributed by atoms with Crippen LogP contribution in [0.1, 0.15) is 39.2 Å². The normalized spacial score (nSPS) is 18.2. The number of nitrogens with zero attached hydrogens (tertiary/aromatic N) is 2. The summed E-state index contributed by atoms with van der Waals surface area (Å²) >= 11 is -2.14. The van der Waals surface area contributed by atoms with E-state index >= 15 is 0 Å². The van der Waals surface area contributed by atoms with Gasteiger partial charge in [0.15, 0.2) is 0 Å². The maximum absolute atomic E-state index is 12.3. The quantitative estimate of drug-likeness (QED) is 0.765. The van der Waals surface area contributed by atoms with Crippen molar-refractivity contribution < 1.29 is 18.3 Å². The van der Waals surface area contributed by atoms with E-state index in [1.54, 1.807) is 6.20 Å². The van der Waals surface area contributed by atoms with Gasteiger partial charge in [0, 0.05) is 11.6 Å². The molecule has 0 aliphatic carbocycles. The third-order valence-electron chi connectivity index (χ3n) is 4.53. The first-order chi connectivity index (χ1) is 12.2. The first-order valence-electron chi connectivity index (χ1n) is 8.90. The Kier molecular flexibility index (Phi) is 5.50. The summed E-state index contributed by atoms with van der Waals surface area (Å²) in [5.41, 5.74) is 1.14. The Morgan fingerprint density at radius 2 is 1.96 bits per heavy atom. The van der Waals surface area contributed by atoms with Gasteiger partial charge in [0.05, 0.1) is 10.9 Å². The van der Waals surface area contributed by atoms with Crippen LogP contribution in [0.3, 0.4) is 0 Å². The average molecular weight is 377 g/mol. The van der Waals surface area contributed by atoms with Crippen molar-refractivity contribution in [2.24, 2.45) is 0 Å². The van der Waals surface area contributed by atoms with Crippen molar-refractivity contribution in [3.63, 3.8) is 0 Å². The summed E-state index contributed by atoms with van der Waals surface area (Å²) < 4.78 is 30.2. The fraction of sp³-hybridized carbons (Fsp3) is 0.526. The van der Waals surface area contributed by atoms with Crippen molar-refractivity contribution in [1.29, 1.82) is 0 Å². The topological polar surface area (TPSA) is 74.6 Å². The van der Waals surface area contributed by atoms with Crippen molar-refractivity contribution in [3.05, 3.63) is 36.0 Å². The van der Waals surface area contributed by atoms with Crippen molar-refractivity contribution in [1.82, 2.24) is 9.47 Å². The Bertz CT molecular complexity index is 819. The van der Waals surface area contributed by atoms with Gasteiger partial charge in [-0.2, -0.15) is 0 Å². The molecular formula is C19H25N2O4S-. The van der Waals surface area contributed by atoms with Crippen LogP contribution in [0.4, 0.5) is 4.79 Å². The predicted molar refractivity (Wildman–Crippen MR) is 101 cm³/mol. The van der Waals surface area contributed by atoms with E-state index in [1.165, 1.54) is 4.57 Å². The first kappa shape index (κ1) is 19.1. The van der Waals surface area contributed by atoms with Crippen molar-refractivity contribution in [3.8, 4) is 0 Å². The number of aromatic nitrogens is 1. The molecule has 0 N–H and O–H groups in total. The molecule has 1 fully saturated rings. The fourth-order valence-electron chi connectivity index (χ4n) is 3.34. The third kappa shape index (κ3) is 4.34. The molecule has 1 aliphatic rings. The summed E-state index contributed by atoms with van der Waals surface area (Å²) in [4.78, 5) is 14.3. The van der Waals surface area contributed by atoms with Crippen LogP contribution < -0.4 is 0 Å². The molecule has 3 rings (SSSR count). The van der Waals surface area contributed by atoms with Gasteiger partial charge in [-0.05, 0) is 88.0 Å². The molecule has 2 aromatic rings. The molecule has 2 unspecified atom stereocenters. The maximum Gasteiger partial charge on any atom is 0.418 e. The number of rotatable bonds is 4. The SMILES string of the molecule is CC(C)(C)OC(=O)n1ccc2cc(CC(N3CCCC3)S(=O)[O-])ccc21. The number of benzene rings is 1. The Morgan fingerprint density at radius 3 is 2.58 bits per heavy atom. The number of hydrogen-bond donors (Lipinski definition) is 0. The van der Waals surface area contributed by atoms with E-state index in [0.29, 0.717) is 6.42 Å². The minimum atomic E-state index is -2.14. The molecule has 0 spiro atoms. The molecule has 26 heavy (non-hydrogen) atoms. The lowest BCUT2D eigenvalue weighted by Gasteiger charge is -2.29. The molecule has 2 atom stereocenters. The first-order valence-corrected chi connectivity index (χ1v) is 10.0. The Balaban J connectivity index is 1.81. The standard InChI is InChI=1S/C19H26N2O4S/c1-19(2,3)25-18(22)21-11-8-15-12-14(6-7-16(15)21)13-17(26(23)24)20-9-4-5-10-20/h6-8,11-12,17H,4-5,9-10,13H2,1-3H3,(H,23,24)/p-1. The summed E-state index contributed by atoms with van der Waals surface area (Å²) in [6.07, 6.45) is 3.81. The second kappa shape index (κ2) is 7.50. The molecule has 6 nitrogen and oxygen atoms in total. The monoisotopic (exact) mass is 377 g/mol. The summed E-state index contributed by atoms with van der Waals surface area (Å²) in [5, 5.41) is 0.396. The van der Waals surface area contributed by atoms with Crippen LogP contribution in [0.2, 0.25) is 0 Å². The van der Waals surface area contributed by atoms with E-state index in [9.17, 15) is 13.6 Å². The molecule has 142 valence electrons. The number of carbonyl (C=O) groups excluding carboxylic acids is 1. The molecule has 1 aromatic heterocycles. The van der Waals surface area contributed by atoms with Gasteiger partial charge in [-0.25, -0.2) is 4.79 Å². The number of hydrogen-bond acceptors (Lipinski definition) is 5. The van der Waals surface area contributed by atoms with E-state index in [2.05, 4.69) is 0 Å². The molecule has 7 heteroatoms. The zero-order valence-corrected chi connectivity index (χ0v) is 16.3. The van der Waals surface area contributed by atoms with Gasteiger partial charge >= 0.3 is 6.09 Å². The van der Waals surface area contributed by atoms with Crippen LogP contribution in [-0.2, 0) is 22.2 Å². The van der Waals surface area contributed by atoms with Crippen molar-refractivity contribution in [2.45, 2.75) is 51.0 Å². The fourth-order valence-corrected chi connectivity index (χ4v) is 4.12. The predicted octanol–water partition coefficient (Wildman–Crippen LogP) is 3.27. The molecule has 1 aliphatic heterocycles. The van der Waals surface area contributed by atoms with Crippen molar-refractivity contribution >= 4 is 28.1 Å². The van der Waals surface area contributed by atoms with Crippen LogP contribution in [0.15, 0.2) is 30.5 Å². The summed E-state index contributed by atoms with van der Waals surface area (Å²) in [6, 6.07) is 7.54. The van der Waals surface area contributed by atoms with E-state index in [0.717, 1.165) is 42.4 Å². The number of fused-ring (bicyclic) bond motifs is 1. The number of carbonyl (C=O) groups is 1. The molecule has 1 saturated heterocycles. The molecule has 2 heterocycles. The molecule has 0 saturated carbocycles. The molecular weight excluding hydrogens is 352 g/mol. The van der Waals surface area contributed by atoms with Gasteiger partial charge in [0.1, 0.15) is 5.60 Å². The zero-order chi connectivity index (χ0) is 18.9. The minimum absolute atomic E-state index is 0.421. The van der Waals surface area contributed by atoms with Crippen LogP contribution in [-0.4, -0.2) is 48.4 Å². The van der Waals surface area contributed by atoms with E-state index < -0.39 is 28.1 Å². The molecule has 1 aromatic carbocycles. The van der Waals surface area contributed by atoms with E-state index in [1.807, 2.05) is 49.9 Å². The number of ether oxygens (including phenoxy) is 1. The van der Waals surface area contributed by atoms with E-state index in [4.69, 9.17) is 4.74 Å². The van der Waals surface area contributed by atoms with Gasteiger partial charge in [0.25, 0.3) is 0 Å². The average Bonchev–Trinajstić information content (AvgIpc) is 3.19. The van der Waals surface area contributed by atoms with Crippen LogP contribution in [0.5, 0.6) is 0 Å². The van der Waals surface area contributed by atoms with Gasteiger partial charge in [-0.15, -0.1) is 0 Å². The highest BCUT2D eigenvalue weighted by molar-refractivity contribution is 7.79. The second-order valence-corrected chi connectivity index (χ2v) is 8.79. The maximum atomic E-state index is 12.3. The van der Waals surface area contributed by atoms with Gasteiger partial charge in [-0.1, -0.05) is 6.07 Å². The molecule has 0 amide bonds. The third-order valence-corrected chi connectivity index (χ3v) is 5.43.